The number of aliphatic imine (C=N–C) groups is 1. The number of nitrogens with zero attached hydrogens (tertiary/aromatic N) is 1. The number of hydrogen-bond donors (Lipinski definition) is 3. The molecule has 0 aromatic heterocycles. The van der Waals surface area contributed by atoms with E-state index < -0.39 is 0 Å². The molecule has 15 heavy (non-hydrogen) atoms. The van der Waals surface area contributed by atoms with Gasteiger partial charge in [0.15, 0.2) is 0 Å². The van der Waals surface area contributed by atoms with Crippen molar-refractivity contribution in [2.45, 2.75) is 19.0 Å². The highest BCUT2D eigenvalue weighted by Gasteiger charge is 2.24. The van der Waals surface area contributed by atoms with Gasteiger partial charge < -0.3 is 11.5 Å². The van der Waals surface area contributed by atoms with E-state index in [2.05, 4.69) is 10.3 Å². The lowest BCUT2D eigenvalue weighted by molar-refractivity contribution is 0.400. The number of nitrogens with two attached hydrogens (primary N) is 2. The quantitative estimate of drug-likeness (QED) is 0.593. The van der Waals surface area contributed by atoms with Gasteiger partial charge >= 0.3 is 0 Å². The molecule has 0 bridgehead atoms. The topological polar surface area (TPSA) is 76.4 Å². The minimum atomic E-state index is -0.249. The highest BCUT2D eigenvalue weighted by atomic mass is 15.1. The summed E-state index contributed by atoms with van der Waals surface area (Å²) in [7, 11) is 1.89. The average molecular weight is 206 g/mol. The molecular formula is C11H18N4. The summed E-state index contributed by atoms with van der Waals surface area (Å²) in [6.07, 6.45) is 9.39. The smallest absolute Gasteiger partial charge is 0.111 e. The van der Waals surface area contributed by atoms with Crippen molar-refractivity contribution in [1.29, 1.82) is 0 Å². The van der Waals surface area contributed by atoms with Gasteiger partial charge in [0.1, 0.15) is 5.66 Å². The molecule has 0 amide bonds. The van der Waals surface area contributed by atoms with E-state index in [-0.39, 0.29) is 5.66 Å². The summed E-state index contributed by atoms with van der Waals surface area (Å²) < 4.78 is 0. The highest BCUT2D eigenvalue weighted by molar-refractivity contribution is 5.76. The van der Waals surface area contributed by atoms with Crippen LogP contribution in [0, 0.1) is 0 Å². The van der Waals surface area contributed by atoms with Gasteiger partial charge in [0.25, 0.3) is 0 Å². The molecule has 0 fully saturated rings. The van der Waals surface area contributed by atoms with Crippen LogP contribution in [-0.4, -0.2) is 18.9 Å². The molecule has 0 spiro atoms. The lowest BCUT2D eigenvalue weighted by Crippen LogP contribution is -2.39. The Morgan fingerprint density at radius 3 is 2.87 bits per heavy atom. The summed E-state index contributed by atoms with van der Waals surface area (Å²) in [5.74, 6) is 0. The lowest BCUT2D eigenvalue weighted by atomic mass is 9.93. The van der Waals surface area contributed by atoms with Crippen molar-refractivity contribution in [3.05, 3.63) is 35.7 Å². The highest BCUT2D eigenvalue weighted by Crippen LogP contribution is 2.25. The second-order valence-corrected chi connectivity index (χ2v) is 3.65. The van der Waals surface area contributed by atoms with Crippen LogP contribution in [0.4, 0.5) is 0 Å². The SMILES string of the molecule is CN[C@@]1(C)CC(C(/C=C/N)=C/N)=CC=N1. The zero-order chi connectivity index (χ0) is 11.3. The molecule has 4 nitrogen and oxygen atoms in total. The number of rotatable bonds is 3. The largest absolute Gasteiger partial charge is 0.405 e. The Balaban J connectivity index is 2.90. The molecule has 0 saturated heterocycles. The summed E-state index contributed by atoms with van der Waals surface area (Å²) in [5, 5.41) is 3.17. The van der Waals surface area contributed by atoms with Crippen molar-refractivity contribution < 1.29 is 0 Å². The third-order valence-electron chi connectivity index (χ3n) is 2.53. The maximum absolute atomic E-state index is 5.55. The zero-order valence-corrected chi connectivity index (χ0v) is 9.20. The molecular weight excluding hydrogens is 188 g/mol. The van der Waals surface area contributed by atoms with Gasteiger partial charge in [-0.2, -0.15) is 0 Å². The first-order chi connectivity index (χ1) is 7.15. The fourth-order valence-electron chi connectivity index (χ4n) is 1.49. The van der Waals surface area contributed by atoms with Gasteiger partial charge in [-0.05, 0) is 43.5 Å². The first-order valence-electron chi connectivity index (χ1n) is 4.89. The van der Waals surface area contributed by atoms with Gasteiger partial charge in [-0.3, -0.25) is 10.3 Å². The second kappa shape index (κ2) is 4.79. The minimum Gasteiger partial charge on any atom is -0.405 e. The van der Waals surface area contributed by atoms with E-state index in [0.29, 0.717) is 0 Å². The van der Waals surface area contributed by atoms with E-state index in [1.165, 1.54) is 6.20 Å². The second-order valence-electron chi connectivity index (χ2n) is 3.65. The summed E-state index contributed by atoms with van der Waals surface area (Å²) in [6, 6.07) is 0. The van der Waals surface area contributed by atoms with Crippen LogP contribution in [0.3, 0.4) is 0 Å². The van der Waals surface area contributed by atoms with Crippen LogP contribution in [-0.2, 0) is 0 Å². The average Bonchev–Trinajstić information content (AvgIpc) is 2.26. The first kappa shape index (κ1) is 11.5. The van der Waals surface area contributed by atoms with Crippen LogP contribution in [0.25, 0.3) is 0 Å². The van der Waals surface area contributed by atoms with Gasteiger partial charge in [0.2, 0.25) is 0 Å². The normalized spacial score (nSPS) is 27.1. The molecule has 1 heterocycles. The fourth-order valence-corrected chi connectivity index (χ4v) is 1.49. The molecule has 4 heteroatoms. The van der Waals surface area contributed by atoms with Gasteiger partial charge in [-0.25, -0.2) is 0 Å². The molecule has 1 rings (SSSR count). The Bertz CT molecular complexity index is 338. The fraction of sp³-hybridized carbons (Fsp3) is 0.364. The maximum Gasteiger partial charge on any atom is 0.111 e. The molecule has 0 saturated carbocycles. The summed E-state index contributed by atoms with van der Waals surface area (Å²) in [4.78, 5) is 4.37. The molecule has 5 N–H and O–H groups in total. The molecule has 0 radical (unpaired) electrons. The van der Waals surface area contributed by atoms with E-state index in [0.717, 1.165) is 17.6 Å². The Kier molecular flexibility index (Phi) is 3.68. The number of dihydropyridines is 1. The van der Waals surface area contributed by atoms with E-state index >= 15 is 0 Å². The predicted octanol–water partition coefficient (Wildman–Crippen LogP) is 0.638. The number of hydrogen-bond acceptors (Lipinski definition) is 4. The summed E-state index contributed by atoms with van der Waals surface area (Å²) >= 11 is 0. The van der Waals surface area contributed by atoms with Crippen LogP contribution in [0.1, 0.15) is 13.3 Å². The van der Waals surface area contributed by atoms with Crippen LogP contribution >= 0.6 is 0 Å². The van der Waals surface area contributed by atoms with Crippen LogP contribution in [0.5, 0.6) is 0 Å². The van der Waals surface area contributed by atoms with Crippen molar-refractivity contribution >= 4 is 6.21 Å². The molecule has 1 atom stereocenters. The first-order valence-corrected chi connectivity index (χ1v) is 4.89. The minimum absolute atomic E-state index is 0.249. The molecule has 0 unspecified atom stereocenters. The maximum atomic E-state index is 5.55. The summed E-state index contributed by atoms with van der Waals surface area (Å²) in [5.41, 5.74) is 12.7. The Labute approximate surface area is 90.4 Å². The van der Waals surface area contributed by atoms with Crippen molar-refractivity contribution in [3.63, 3.8) is 0 Å². The monoisotopic (exact) mass is 206 g/mol. The Morgan fingerprint density at radius 1 is 1.60 bits per heavy atom. The molecule has 82 valence electrons. The lowest BCUT2D eigenvalue weighted by Gasteiger charge is -2.28. The summed E-state index contributed by atoms with van der Waals surface area (Å²) in [6.45, 7) is 2.04. The molecule has 1 aliphatic rings. The predicted molar refractivity (Wildman–Crippen MR) is 64.3 cm³/mol. The molecule has 0 aliphatic carbocycles. The van der Waals surface area contributed by atoms with Gasteiger partial charge in [0.05, 0.1) is 0 Å². The standard InChI is InChI=1S/C11H18N4/c1-11(14-2)7-9(4-6-15-11)10(8-13)3-5-12/h3-6,8,14H,7,12-13H2,1-2H3/b5-3+,10-8+/t11-/m1/s1. The van der Waals surface area contributed by atoms with Gasteiger partial charge in [0, 0.05) is 18.8 Å². The Hall–Kier alpha value is -1.55. The van der Waals surface area contributed by atoms with Crippen molar-refractivity contribution in [1.82, 2.24) is 5.32 Å². The molecule has 0 aromatic carbocycles. The molecule has 0 aromatic rings. The zero-order valence-electron chi connectivity index (χ0n) is 9.20. The van der Waals surface area contributed by atoms with Crippen LogP contribution in [0.15, 0.2) is 40.7 Å². The van der Waals surface area contributed by atoms with E-state index in [1.54, 1.807) is 18.5 Å². The number of allylic oxidation sites excluding steroid dienone is 3. The Morgan fingerprint density at radius 2 is 2.33 bits per heavy atom. The van der Waals surface area contributed by atoms with Crippen LogP contribution in [0.2, 0.25) is 0 Å². The van der Waals surface area contributed by atoms with E-state index in [4.69, 9.17) is 11.5 Å². The van der Waals surface area contributed by atoms with Crippen molar-refractivity contribution in [2.24, 2.45) is 16.5 Å². The third kappa shape index (κ3) is 2.70. The van der Waals surface area contributed by atoms with Crippen molar-refractivity contribution in [2.75, 3.05) is 7.05 Å². The van der Waals surface area contributed by atoms with E-state index in [9.17, 15) is 0 Å². The number of nitrogens with one attached hydrogen (secondary N) is 1. The van der Waals surface area contributed by atoms with Crippen molar-refractivity contribution in [3.8, 4) is 0 Å². The van der Waals surface area contributed by atoms with Crippen LogP contribution < -0.4 is 16.8 Å². The van der Waals surface area contributed by atoms with E-state index in [1.807, 2.05) is 20.0 Å². The van der Waals surface area contributed by atoms with Gasteiger partial charge in [-0.15, -0.1) is 0 Å². The van der Waals surface area contributed by atoms with Gasteiger partial charge in [-0.1, -0.05) is 0 Å². The third-order valence-corrected chi connectivity index (χ3v) is 2.53. The molecule has 1 aliphatic heterocycles.